The van der Waals surface area contributed by atoms with E-state index >= 15 is 0 Å². The monoisotopic (exact) mass is 384 g/mol. The second-order valence-electron chi connectivity index (χ2n) is 5.56. The van der Waals surface area contributed by atoms with Gasteiger partial charge in [-0.2, -0.15) is 0 Å². The smallest absolute Gasteiger partial charge is 0.191 e. The topological polar surface area (TPSA) is 79.1 Å². The number of ether oxygens (including phenoxy) is 2. The fourth-order valence-corrected chi connectivity index (χ4v) is 3.52. The lowest BCUT2D eigenvalue weighted by Crippen LogP contribution is -2.07. The highest BCUT2D eigenvalue weighted by molar-refractivity contribution is 7.99. The third-order valence-electron chi connectivity index (χ3n) is 4.01. The van der Waals surface area contributed by atoms with Gasteiger partial charge < -0.3 is 14.0 Å². The quantitative estimate of drug-likeness (QED) is 0.435. The van der Waals surface area contributed by atoms with Crippen LogP contribution < -0.4 is 9.47 Å². The molecule has 2 heterocycles. The van der Waals surface area contributed by atoms with E-state index in [1.54, 1.807) is 37.7 Å². The first-order chi connectivity index (χ1) is 13.2. The summed E-state index contributed by atoms with van der Waals surface area (Å²) in [7, 11) is 3.11. The summed E-state index contributed by atoms with van der Waals surface area (Å²) in [5.41, 5.74) is 1.46. The molecule has 0 atom stereocenters. The summed E-state index contributed by atoms with van der Waals surface area (Å²) in [5, 5.41) is 9.23. The van der Waals surface area contributed by atoms with Crippen molar-refractivity contribution in [2.75, 3.05) is 20.0 Å². The zero-order valence-corrected chi connectivity index (χ0v) is 16.2. The van der Waals surface area contributed by atoms with Gasteiger partial charge in [-0.1, -0.05) is 11.8 Å². The van der Waals surface area contributed by atoms with Gasteiger partial charge in [-0.05, 0) is 31.2 Å². The molecule has 2 aromatic heterocycles. The number of Topliss-reactive ketones (excluding diaryl/α,β-unsaturated/α-hetero) is 1. The predicted molar refractivity (Wildman–Crippen MR) is 104 cm³/mol. The van der Waals surface area contributed by atoms with Gasteiger partial charge in [0.2, 0.25) is 0 Å². The van der Waals surface area contributed by atoms with Gasteiger partial charge in [0.15, 0.2) is 16.8 Å². The van der Waals surface area contributed by atoms with Gasteiger partial charge in [0.1, 0.15) is 11.5 Å². The number of aromatic nitrogens is 4. The van der Waals surface area contributed by atoms with E-state index in [0.29, 0.717) is 28.8 Å². The van der Waals surface area contributed by atoms with E-state index in [0.717, 1.165) is 11.4 Å². The van der Waals surface area contributed by atoms with Crippen molar-refractivity contribution in [3.63, 3.8) is 0 Å². The van der Waals surface area contributed by atoms with Crippen LogP contribution in [0.15, 0.2) is 47.9 Å². The lowest BCUT2D eigenvalue weighted by atomic mass is 10.1. The minimum absolute atomic E-state index is 0.0457. The molecule has 8 heteroatoms. The molecule has 0 N–H and O–H groups in total. The van der Waals surface area contributed by atoms with Crippen LogP contribution in [-0.4, -0.2) is 45.5 Å². The van der Waals surface area contributed by atoms with Crippen LogP contribution in [0, 0.1) is 0 Å². The van der Waals surface area contributed by atoms with Crippen LogP contribution in [0.25, 0.3) is 11.4 Å². The van der Waals surface area contributed by atoms with Gasteiger partial charge in [-0.25, -0.2) is 0 Å². The van der Waals surface area contributed by atoms with Crippen LogP contribution in [-0.2, 0) is 6.54 Å². The molecule has 3 aromatic rings. The molecule has 0 aliphatic carbocycles. The summed E-state index contributed by atoms with van der Waals surface area (Å²) in [6.45, 7) is 2.72. The molecule has 0 fully saturated rings. The number of carbonyl (C=O) groups excluding carboxylic acids is 1. The van der Waals surface area contributed by atoms with Gasteiger partial charge in [0.05, 0.1) is 25.5 Å². The van der Waals surface area contributed by atoms with Crippen molar-refractivity contribution >= 4 is 17.5 Å². The number of pyridine rings is 1. The number of thioether (sulfide) groups is 1. The number of benzene rings is 1. The Labute approximate surface area is 161 Å². The molecule has 0 amide bonds. The second kappa shape index (κ2) is 8.68. The molecule has 0 radical (unpaired) electrons. The molecular formula is C19H20N4O3S. The highest BCUT2D eigenvalue weighted by Gasteiger charge is 2.17. The third-order valence-corrected chi connectivity index (χ3v) is 4.98. The zero-order valence-electron chi connectivity index (χ0n) is 15.4. The Balaban J connectivity index is 1.77. The molecule has 0 saturated heterocycles. The average molecular weight is 384 g/mol. The minimum atomic E-state index is -0.0457. The number of ketones is 1. The number of hydrogen-bond donors (Lipinski definition) is 0. The van der Waals surface area contributed by atoms with E-state index < -0.39 is 0 Å². The Hall–Kier alpha value is -2.87. The molecular weight excluding hydrogens is 364 g/mol. The average Bonchev–Trinajstić information content (AvgIpc) is 3.15. The summed E-state index contributed by atoms with van der Waals surface area (Å²) in [5.74, 6) is 2.09. The summed E-state index contributed by atoms with van der Waals surface area (Å²) >= 11 is 1.36. The highest BCUT2D eigenvalue weighted by atomic mass is 32.2. The van der Waals surface area contributed by atoms with Gasteiger partial charge in [-0.15, -0.1) is 10.2 Å². The number of carbonyl (C=O) groups is 1. The molecule has 0 spiro atoms. The molecule has 27 heavy (non-hydrogen) atoms. The normalized spacial score (nSPS) is 10.6. The van der Waals surface area contributed by atoms with E-state index in [4.69, 9.17) is 9.47 Å². The third kappa shape index (κ3) is 4.11. The standard InChI is InChI=1S/C19H20N4O3S/c1-4-23-18(13-7-9-20-10-8-13)21-22-19(23)27-12-16(24)15-6-5-14(25-2)11-17(15)26-3/h5-11H,4,12H2,1-3H3. The maximum Gasteiger partial charge on any atom is 0.191 e. The van der Waals surface area contributed by atoms with Crippen LogP contribution in [0.4, 0.5) is 0 Å². The van der Waals surface area contributed by atoms with Crippen molar-refractivity contribution in [1.82, 2.24) is 19.7 Å². The lowest BCUT2D eigenvalue weighted by Gasteiger charge is -2.10. The van der Waals surface area contributed by atoms with Crippen molar-refractivity contribution < 1.29 is 14.3 Å². The van der Waals surface area contributed by atoms with E-state index in [1.165, 1.54) is 18.9 Å². The van der Waals surface area contributed by atoms with E-state index in [9.17, 15) is 4.79 Å². The summed E-state index contributed by atoms with van der Waals surface area (Å²) in [6, 6.07) is 8.94. The Bertz CT molecular complexity index is 928. The maximum absolute atomic E-state index is 12.7. The second-order valence-corrected chi connectivity index (χ2v) is 6.51. The van der Waals surface area contributed by atoms with E-state index in [-0.39, 0.29) is 11.5 Å². The largest absolute Gasteiger partial charge is 0.497 e. The van der Waals surface area contributed by atoms with Crippen LogP contribution in [0.5, 0.6) is 11.5 Å². The molecule has 0 unspecified atom stereocenters. The zero-order chi connectivity index (χ0) is 19.2. The first kappa shape index (κ1) is 18.9. The molecule has 0 bridgehead atoms. The van der Waals surface area contributed by atoms with Gasteiger partial charge in [-0.3, -0.25) is 9.78 Å². The number of rotatable bonds is 8. The summed E-state index contributed by atoms with van der Waals surface area (Å²) in [6.07, 6.45) is 3.44. The van der Waals surface area contributed by atoms with Crippen molar-refractivity contribution in [2.24, 2.45) is 0 Å². The highest BCUT2D eigenvalue weighted by Crippen LogP contribution is 2.28. The Kier molecular flexibility index (Phi) is 6.08. The van der Waals surface area contributed by atoms with Crippen LogP contribution >= 0.6 is 11.8 Å². The molecule has 0 aliphatic rings. The van der Waals surface area contributed by atoms with Crippen molar-refractivity contribution in [2.45, 2.75) is 18.6 Å². The molecule has 0 saturated carbocycles. The van der Waals surface area contributed by atoms with Gasteiger partial charge >= 0.3 is 0 Å². The van der Waals surface area contributed by atoms with Crippen LogP contribution in [0.1, 0.15) is 17.3 Å². The Morgan fingerprint density at radius 3 is 2.56 bits per heavy atom. The first-order valence-electron chi connectivity index (χ1n) is 8.39. The fraction of sp³-hybridized carbons (Fsp3) is 0.263. The lowest BCUT2D eigenvalue weighted by molar-refractivity contribution is 0.101. The van der Waals surface area contributed by atoms with E-state index in [1.807, 2.05) is 23.6 Å². The molecule has 1 aromatic carbocycles. The fourth-order valence-electron chi connectivity index (χ4n) is 2.63. The first-order valence-corrected chi connectivity index (χ1v) is 9.38. The van der Waals surface area contributed by atoms with Crippen LogP contribution in [0.2, 0.25) is 0 Å². The minimum Gasteiger partial charge on any atom is -0.497 e. The number of methoxy groups -OCH3 is 2. The van der Waals surface area contributed by atoms with Crippen molar-refractivity contribution in [3.8, 4) is 22.9 Å². The molecule has 7 nitrogen and oxygen atoms in total. The Morgan fingerprint density at radius 1 is 1.11 bits per heavy atom. The SMILES string of the molecule is CCn1c(SCC(=O)c2ccc(OC)cc2OC)nnc1-c1ccncc1. The van der Waals surface area contributed by atoms with Gasteiger partial charge in [0.25, 0.3) is 0 Å². The van der Waals surface area contributed by atoms with E-state index in [2.05, 4.69) is 15.2 Å². The van der Waals surface area contributed by atoms with Gasteiger partial charge in [0, 0.05) is 30.6 Å². The predicted octanol–water partition coefficient (Wildman–Crippen LogP) is 3.35. The molecule has 3 rings (SSSR count). The van der Waals surface area contributed by atoms with Crippen LogP contribution in [0.3, 0.4) is 0 Å². The summed E-state index contributed by atoms with van der Waals surface area (Å²) < 4.78 is 12.5. The molecule has 0 aliphatic heterocycles. The Morgan fingerprint density at radius 2 is 1.89 bits per heavy atom. The molecule has 140 valence electrons. The van der Waals surface area contributed by atoms with Crippen molar-refractivity contribution in [3.05, 3.63) is 48.3 Å². The maximum atomic E-state index is 12.7. The number of hydrogen-bond acceptors (Lipinski definition) is 7. The summed E-state index contributed by atoms with van der Waals surface area (Å²) in [4.78, 5) is 16.7. The number of nitrogens with zero attached hydrogens (tertiary/aromatic N) is 4. The van der Waals surface area contributed by atoms with Crippen molar-refractivity contribution in [1.29, 1.82) is 0 Å².